The van der Waals surface area contributed by atoms with E-state index in [-0.39, 0.29) is 23.2 Å². The number of ether oxygens (including phenoxy) is 2. The van der Waals surface area contributed by atoms with Crippen LogP contribution in [0.15, 0.2) is 46.9 Å². The zero-order valence-electron chi connectivity index (χ0n) is 15.7. The van der Waals surface area contributed by atoms with Gasteiger partial charge >= 0.3 is 0 Å². The van der Waals surface area contributed by atoms with E-state index < -0.39 is 0 Å². The van der Waals surface area contributed by atoms with Crippen molar-refractivity contribution in [2.24, 2.45) is 0 Å². The lowest BCUT2D eigenvalue weighted by Crippen LogP contribution is -2.34. The molecule has 0 bridgehead atoms. The standard InChI is InChI=1S/C20H23BrN2O3S/c1-12(2)25-16-7-5-6-15(11-16)22-20(27)23-19(24)17-10-14(21)8-9-18(17)26-13(3)4/h5-13H,1-4H3,(H2,22,23,24,27). The highest BCUT2D eigenvalue weighted by Crippen LogP contribution is 2.24. The van der Waals surface area contributed by atoms with Crippen LogP contribution in [0.25, 0.3) is 0 Å². The van der Waals surface area contributed by atoms with Crippen molar-refractivity contribution in [1.29, 1.82) is 0 Å². The maximum Gasteiger partial charge on any atom is 0.261 e. The Bertz CT molecular complexity index is 825. The average molecular weight is 451 g/mol. The first-order valence-electron chi connectivity index (χ1n) is 8.60. The molecule has 0 aromatic heterocycles. The van der Waals surface area contributed by atoms with Crippen LogP contribution in [-0.4, -0.2) is 23.2 Å². The van der Waals surface area contributed by atoms with Crippen LogP contribution in [0.1, 0.15) is 38.1 Å². The fourth-order valence-corrected chi connectivity index (χ4v) is 2.86. The van der Waals surface area contributed by atoms with Crippen LogP contribution >= 0.6 is 28.1 Å². The number of halogens is 1. The fourth-order valence-electron chi connectivity index (χ4n) is 2.29. The second-order valence-corrected chi connectivity index (χ2v) is 7.73. The highest BCUT2D eigenvalue weighted by molar-refractivity contribution is 9.10. The molecule has 0 atom stereocenters. The second kappa shape index (κ2) is 9.71. The van der Waals surface area contributed by atoms with Crippen LogP contribution in [0.4, 0.5) is 5.69 Å². The molecule has 7 heteroatoms. The Labute approximate surface area is 173 Å². The van der Waals surface area contributed by atoms with Crippen molar-refractivity contribution in [2.45, 2.75) is 39.9 Å². The highest BCUT2D eigenvalue weighted by Gasteiger charge is 2.16. The van der Waals surface area contributed by atoms with E-state index in [0.29, 0.717) is 11.3 Å². The summed E-state index contributed by atoms with van der Waals surface area (Å²) in [5, 5.41) is 5.88. The number of benzene rings is 2. The van der Waals surface area contributed by atoms with Gasteiger partial charge in [-0.3, -0.25) is 10.1 Å². The van der Waals surface area contributed by atoms with Gasteiger partial charge in [0, 0.05) is 16.2 Å². The summed E-state index contributed by atoms with van der Waals surface area (Å²) in [7, 11) is 0. The van der Waals surface area contributed by atoms with Gasteiger partial charge in [-0.05, 0) is 70.2 Å². The molecule has 144 valence electrons. The Morgan fingerprint density at radius 3 is 2.41 bits per heavy atom. The van der Waals surface area contributed by atoms with E-state index in [9.17, 15) is 4.79 Å². The van der Waals surface area contributed by atoms with Gasteiger partial charge in [0.1, 0.15) is 11.5 Å². The topological polar surface area (TPSA) is 59.6 Å². The number of rotatable bonds is 6. The summed E-state index contributed by atoms with van der Waals surface area (Å²) >= 11 is 8.65. The Hall–Kier alpha value is -2.12. The maximum atomic E-state index is 12.6. The SMILES string of the molecule is CC(C)Oc1cccc(NC(=S)NC(=O)c2cc(Br)ccc2OC(C)C)c1. The number of hydrogen-bond donors (Lipinski definition) is 2. The molecule has 1 amide bonds. The lowest BCUT2D eigenvalue weighted by molar-refractivity contribution is 0.0972. The summed E-state index contributed by atoms with van der Waals surface area (Å²) in [4.78, 5) is 12.6. The smallest absolute Gasteiger partial charge is 0.261 e. The minimum absolute atomic E-state index is 0.0495. The van der Waals surface area contributed by atoms with Gasteiger partial charge in [-0.2, -0.15) is 0 Å². The normalized spacial score (nSPS) is 10.6. The highest BCUT2D eigenvalue weighted by atomic mass is 79.9. The minimum Gasteiger partial charge on any atom is -0.491 e. The summed E-state index contributed by atoms with van der Waals surface area (Å²) in [5.74, 6) is 0.878. The van der Waals surface area contributed by atoms with Crippen LogP contribution in [0, 0.1) is 0 Å². The van der Waals surface area contributed by atoms with Crippen molar-refractivity contribution < 1.29 is 14.3 Å². The van der Waals surface area contributed by atoms with Crippen molar-refractivity contribution in [1.82, 2.24) is 5.32 Å². The van der Waals surface area contributed by atoms with Gasteiger partial charge in [-0.1, -0.05) is 22.0 Å². The Kier molecular flexibility index (Phi) is 7.62. The Balaban J connectivity index is 2.08. The van der Waals surface area contributed by atoms with Crippen LogP contribution in [0.3, 0.4) is 0 Å². The predicted molar refractivity (Wildman–Crippen MR) is 116 cm³/mol. The third kappa shape index (κ3) is 6.84. The van der Waals surface area contributed by atoms with Crippen LogP contribution in [0.5, 0.6) is 11.5 Å². The number of hydrogen-bond acceptors (Lipinski definition) is 4. The van der Waals surface area contributed by atoms with E-state index in [2.05, 4.69) is 26.6 Å². The Morgan fingerprint density at radius 2 is 1.74 bits per heavy atom. The molecule has 2 aromatic rings. The molecule has 0 unspecified atom stereocenters. The van der Waals surface area contributed by atoms with E-state index in [4.69, 9.17) is 21.7 Å². The summed E-state index contributed by atoms with van der Waals surface area (Å²) in [6, 6.07) is 12.7. The number of carbonyl (C=O) groups is 1. The van der Waals surface area contributed by atoms with Crippen LogP contribution < -0.4 is 20.1 Å². The summed E-state index contributed by atoms with van der Waals surface area (Å²) in [6.45, 7) is 7.73. The van der Waals surface area contributed by atoms with E-state index >= 15 is 0 Å². The molecule has 5 nitrogen and oxygen atoms in total. The predicted octanol–water partition coefficient (Wildman–Crippen LogP) is 5.15. The molecular formula is C20H23BrN2O3S. The molecule has 0 saturated heterocycles. The van der Waals surface area contributed by atoms with Gasteiger partial charge in [0.25, 0.3) is 5.91 Å². The summed E-state index contributed by atoms with van der Waals surface area (Å²) in [5.41, 5.74) is 1.13. The molecule has 0 saturated carbocycles. The van der Waals surface area contributed by atoms with Gasteiger partial charge in [-0.25, -0.2) is 0 Å². The number of anilines is 1. The molecule has 0 aliphatic carbocycles. The lowest BCUT2D eigenvalue weighted by atomic mass is 10.2. The minimum atomic E-state index is -0.348. The van der Waals surface area contributed by atoms with Crippen molar-refractivity contribution >= 4 is 44.9 Å². The molecule has 2 N–H and O–H groups in total. The van der Waals surface area contributed by atoms with Crippen LogP contribution in [-0.2, 0) is 0 Å². The van der Waals surface area contributed by atoms with Gasteiger partial charge < -0.3 is 14.8 Å². The largest absolute Gasteiger partial charge is 0.491 e. The van der Waals surface area contributed by atoms with Crippen molar-refractivity contribution in [3.63, 3.8) is 0 Å². The Morgan fingerprint density at radius 1 is 1.04 bits per heavy atom. The van der Waals surface area contributed by atoms with Crippen molar-refractivity contribution in [3.8, 4) is 11.5 Å². The maximum absolute atomic E-state index is 12.6. The molecule has 2 rings (SSSR count). The van der Waals surface area contributed by atoms with E-state index in [1.165, 1.54) is 0 Å². The average Bonchev–Trinajstić information content (AvgIpc) is 2.55. The first kappa shape index (κ1) is 21.2. The van der Waals surface area contributed by atoms with Gasteiger partial charge in [0.05, 0.1) is 17.8 Å². The monoisotopic (exact) mass is 450 g/mol. The molecule has 2 aromatic carbocycles. The van der Waals surface area contributed by atoms with Gasteiger partial charge in [0.2, 0.25) is 0 Å². The first-order chi connectivity index (χ1) is 12.7. The van der Waals surface area contributed by atoms with Crippen LogP contribution in [0.2, 0.25) is 0 Å². The quantitative estimate of drug-likeness (QED) is 0.595. The molecule has 0 spiro atoms. The fraction of sp³-hybridized carbons (Fsp3) is 0.300. The zero-order chi connectivity index (χ0) is 20.0. The molecule has 27 heavy (non-hydrogen) atoms. The third-order valence-electron chi connectivity index (χ3n) is 3.24. The molecular weight excluding hydrogens is 428 g/mol. The van der Waals surface area contributed by atoms with Gasteiger partial charge in [0.15, 0.2) is 5.11 Å². The summed E-state index contributed by atoms with van der Waals surface area (Å²) in [6.07, 6.45) is 0.0225. The van der Waals surface area contributed by atoms with Crippen molar-refractivity contribution in [2.75, 3.05) is 5.32 Å². The lowest BCUT2D eigenvalue weighted by Gasteiger charge is -2.16. The van der Waals surface area contributed by atoms with E-state index in [1.54, 1.807) is 12.1 Å². The number of nitrogens with one attached hydrogen (secondary N) is 2. The molecule has 0 fully saturated rings. The van der Waals surface area contributed by atoms with E-state index in [1.807, 2.05) is 58.0 Å². The van der Waals surface area contributed by atoms with Gasteiger partial charge in [-0.15, -0.1) is 0 Å². The molecule has 0 radical (unpaired) electrons. The first-order valence-corrected chi connectivity index (χ1v) is 9.80. The number of amides is 1. The van der Waals surface area contributed by atoms with Crippen molar-refractivity contribution in [3.05, 3.63) is 52.5 Å². The summed E-state index contributed by atoms with van der Waals surface area (Å²) < 4.78 is 12.2. The second-order valence-electron chi connectivity index (χ2n) is 6.41. The molecule has 0 heterocycles. The number of thiocarbonyl (C=S) groups is 1. The third-order valence-corrected chi connectivity index (χ3v) is 3.94. The molecule has 0 aliphatic heterocycles. The van der Waals surface area contributed by atoms with E-state index in [0.717, 1.165) is 15.9 Å². The zero-order valence-corrected chi connectivity index (χ0v) is 18.1. The molecule has 0 aliphatic rings. The number of carbonyl (C=O) groups excluding carboxylic acids is 1.